The van der Waals surface area contributed by atoms with Gasteiger partial charge in [-0.05, 0) is 38.0 Å². The Morgan fingerprint density at radius 3 is 2.86 bits per heavy atom. The molecule has 2 heterocycles. The zero-order valence-electron chi connectivity index (χ0n) is 16.4. The lowest BCUT2D eigenvalue weighted by Gasteiger charge is -2.21. The van der Waals surface area contributed by atoms with Crippen LogP contribution in [0, 0.1) is 6.92 Å². The van der Waals surface area contributed by atoms with Gasteiger partial charge in [0.05, 0.1) is 23.3 Å². The van der Waals surface area contributed by atoms with Gasteiger partial charge in [0.15, 0.2) is 0 Å². The maximum absolute atomic E-state index is 12.7. The van der Waals surface area contributed by atoms with Gasteiger partial charge in [-0.1, -0.05) is 19.3 Å². The first-order valence-electron chi connectivity index (χ1n) is 9.92. The summed E-state index contributed by atoms with van der Waals surface area (Å²) in [7, 11) is 1.60. The summed E-state index contributed by atoms with van der Waals surface area (Å²) < 4.78 is 6.97. The van der Waals surface area contributed by atoms with E-state index < -0.39 is 0 Å². The van der Waals surface area contributed by atoms with Crippen molar-refractivity contribution in [2.24, 2.45) is 0 Å². The topological polar surface area (TPSA) is 88.5 Å². The molecular formula is C21H26N4O3. The molecule has 1 aliphatic carbocycles. The Labute approximate surface area is 163 Å². The van der Waals surface area contributed by atoms with Gasteiger partial charge >= 0.3 is 0 Å². The molecule has 1 aromatic carbocycles. The van der Waals surface area contributed by atoms with Crippen molar-refractivity contribution in [3.63, 3.8) is 0 Å². The van der Waals surface area contributed by atoms with Crippen LogP contribution in [-0.4, -0.2) is 40.5 Å². The zero-order valence-corrected chi connectivity index (χ0v) is 16.4. The third-order valence-corrected chi connectivity index (χ3v) is 5.60. The van der Waals surface area contributed by atoms with Gasteiger partial charge in [0.1, 0.15) is 11.3 Å². The lowest BCUT2D eigenvalue weighted by atomic mass is 9.88. The smallest absolute Gasteiger partial charge is 0.274 e. The summed E-state index contributed by atoms with van der Waals surface area (Å²) in [6.45, 7) is 2.79. The number of amides is 1. The van der Waals surface area contributed by atoms with E-state index in [1.54, 1.807) is 19.2 Å². The number of imidazole rings is 1. The highest BCUT2D eigenvalue weighted by Crippen LogP contribution is 2.33. The van der Waals surface area contributed by atoms with E-state index in [1.165, 1.54) is 19.3 Å². The third-order valence-electron chi connectivity index (χ3n) is 5.60. The Kier molecular flexibility index (Phi) is 5.17. The highest BCUT2D eigenvalue weighted by atomic mass is 16.5. The first-order valence-corrected chi connectivity index (χ1v) is 9.92. The fraction of sp³-hybridized carbons (Fsp3) is 0.476. The number of fused-ring (bicyclic) bond motifs is 3. The zero-order chi connectivity index (χ0) is 19.7. The quantitative estimate of drug-likeness (QED) is 0.664. The lowest BCUT2D eigenvalue weighted by Crippen LogP contribution is -2.27. The molecule has 0 radical (unpaired) electrons. The maximum atomic E-state index is 12.7. The van der Waals surface area contributed by atoms with E-state index in [9.17, 15) is 9.59 Å². The summed E-state index contributed by atoms with van der Waals surface area (Å²) in [5.41, 5.74) is 3.24. The first kappa shape index (κ1) is 18.7. The minimum atomic E-state index is -0.158. The number of aromatic amines is 1. The molecule has 1 aliphatic rings. The molecule has 2 N–H and O–H groups in total. The van der Waals surface area contributed by atoms with Crippen molar-refractivity contribution in [1.82, 2.24) is 19.7 Å². The second-order valence-corrected chi connectivity index (χ2v) is 7.51. The molecule has 0 atom stereocenters. The summed E-state index contributed by atoms with van der Waals surface area (Å²) >= 11 is 0. The Balaban J connectivity index is 1.87. The number of methoxy groups -OCH3 is 1. The van der Waals surface area contributed by atoms with E-state index in [4.69, 9.17) is 9.72 Å². The molecule has 4 rings (SSSR count). The van der Waals surface area contributed by atoms with Crippen LogP contribution >= 0.6 is 0 Å². The number of aromatic nitrogens is 3. The third kappa shape index (κ3) is 3.30. The van der Waals surface area contributed by atoms with Crippen LogP contribution in [0.15, 0.2) is 23.0 Å². The van der Waals surface area contributed by atoms with Gasteiger partial charge < -0.3 is 15.0 Å². The molecule has 2 aromatic heterocycles. The number of rotatable bonds is 5. The molecular weight excluding hydrogens is 356 g/mol. The van der Waals surface area contributed by atoms with Gasteiger partial charge in [-0.2, -0.15) is 0 Å². The van der Waals surface area contributed by atoms with Crippen LogP contribution in [0.5, 0.6) is 0 Å². The van der Waals surface area contributed by atoms with Gasteiger partial charge in [0.25, 0.3) is 11.5 Å². The molecule has 7 heteroatoms. The molecule has 1 fully saturated rings. The van der Waals surface area contributed by atoms with Crippen LogP contribution in [0.1, 0.15) is 59.9 Å². The predicted molar refractivity (Wildman–Crippen MR) is 108 cm³/mol. The lowest BCUT2D eigenvalue weighted by molar-refractivity contribution is 0.0937. The second kappa shape index (κ2) is 7.75. The molecule has 148 valence electrons. The summed E-state index contributed by atoms with van der Waals surface area (Å²) in [5, 5.41) is 2.85. The van der Waals surface area contributed by atoms with Gasteiger partial charge in [0.2, 0.25) is 0 Å². The van der Waals surface area contributed by atoms with Crippen molar-refractivity contribution in [2.45, 2.75) is 44.9 Å². The molecule has 3 aromatic rings. The van der Waals surface area contributed by atoms with Gasteiger partial charge in [-0.15, -0.1) is 0 Å². The Morgan fingerprint density at radius 1 is 1.32 bits per heavy atom. The van der Waals surface area contributed by atoms with Crippen molar-refractivity contribution < 1.29 is 9.53 Å². The molecule has 1 saturated carbocycles. The number of nitrogens with zero attached hydrogens (tertiary/aromatic N) is 2. The molecule has 0 saturated heterocycles. The van der Waals surface area contributed by atoms with Crippen molar-refractivity contribution in [3.8, 4) is 0 Å². The SMILES string of the molecule is COCCNC(=O)c1ccc2[nH]c(=O)c3c(C)nc(C4CCCCC4)n3c2c1. The summed E-state index contributed by atoms with van der Waals surface area (Å²) in [6, 6.07) is 5.37. The van der Waals surface area contributed by atoms with E-state index in [0.29, 0.717) is 35.7 Å². The predicted octanol–water partition coefficient (Wildman–Crippen LogP) is 2.91. The number of aryl methyl sites for hydroxylation is 1. The number of benzene rings is 1. The molecule has 0 aliphatic heterocycles. The highest BCUT2D eigenvalue weighted by Gasteiger charge is 2.24. The molecule has 0 bridgehead atoms. The second-order valence-electron chi connectivity index (χ2n) is 7.51. The van der Waals surface area contributed by atoms with Gasteiger partial charge in [-0.3, -0.25) is 14.0 Å². The van der Waals surface area contributed by atoms with E-state index in [0.717, 1.165) is 29.9 Å². The van der Waals surface area contributed by atoms with Gasteiger partial charge in [0, 0.05) is 25.1 Å². The van der Waals surface area contributed by atoms with Crippen molar-refractivity contribution in [1.29, 1.82) is 0 Å². The Hall–Kier alpha value is -2.67. The van der Waals surface area contributed by atoms with Crippen LogP contribution in [0.25, 0.3) is 16.6 Å². The minimum Gasteiger partial charge on any atom is -0.383 e. The number of carbonyl (C=O) groups is 1. The normalized spacial score (nSPS) is 15.4. The van der Waals surface area contributed by atoms with Gasteiger partial charge in [-0.25, -0.2) is 4.98 Å². The first-order chi connectivity index (χ1) is 13.6. The standard InChI is InChI=1S/C21H26N4O3/c1-13-18-21(27)24-16-9-8-15(20(26)22-10-11-28-2)12-17(16)25(18)19(23-13)14-6-4-3-5-7-14/h8-9,12,14H,3-7,10-11H2,1-2H3,(H,22,26)(H,24,27). The highest BCUT2D eigenvalue weighted by molar-refractivity contribution is 5.97. The number of ether oxygens (including phenoxy) is 1. The van der Waals surface area contributed by atoms with E-state index in [2.05, 4.69) is 10.3 Å². The summed E-state index contributed by atoms with van der Waals surface area (Å²) in [6.07, 6.45) is 5.81. The fourth-order valence-corrected chi connectivity index (χ4v) is 4.21. The fourth-order valence-electron chi connectivity index (χ4n) is 4.21. The van der Waals surface area contributed by atoms with E-state index >= 15 is 0 Å². The molecule has 28 heavy (non-hydrogen) atoms. The van der Waals surface area contributed by atoms with Crippen molar-refractivity contribution in [2.75, 3.05) is 20.3 Å². The molecule has 7 nitrogen and oxygen atoms in total. The maximum Gasteiger partial charge on any atom is 0.274 e. The van der Waals surface area contributed by atoms with E-state index in [-0.39, 0.29) is 11.5 Å². The number of nitrogens with one attached hydrogen (secondary N) is 2. The average Bonchev–Trinajstić information content (AvgIpc) is 3.07. The monoisotopic (exact) mass is 382 g/mol. The summed E-state index contributed by atoms with van der Waals surface area (Å²) in [5.74, 6) is 1.13. The van der Waals surface area contributed by atoms with Crippen LogP contribution in [0.4, 0.5) is 0 Å². The molecule has 1 amide bonds. The van der Waals surface area contributed by atoms with Crippen molar-refractivity contribution >= 4 is 22.5 Å². The minimum absolute atomic E-state index is 0.142. The number of hydrogen-bond acceptors (Lipinski definition) is 4. The van der Waals surface area contributed by atoms with Crippen LogP contribution in [-0.2, 0) is 4.74 Å². The van der Waals surface area contributed by atoms with Crippen LogP contribution in [0.2, 0.25) is 0 Å². The number of hydrogen-bond donors (Lipinski definition) is 2. The number of H-pyrrole nitrogens is 1. The molecule has 0 unspecified atom stereocenters. The largest absolute Gasteiger partial charge is 0.383 e. The van der Waals surface area contributed by atoms with Crippen molar-refractivity contribution in [3.05, 3.63) is 45.6 Å². The Bertz CT molecular complexity index is 1080. The Morgan fingerprint density at radius 2 is 2.11 bits per heavy atom. The van der Waals surface area contributed by atoms with Crippen LogP contribution < -0.4 is 10.9 Å². The van der Waals surface area contributed by atoms with E-state index in [1.807, 2.05) is 17.4 Å². The number of carbonyl (C=O) groups excluding carboxylic acids is 1. The average molecular weight is 382 g/mol. The van der Waals surface area contributed by atoms with Crippen LogP contribution in [0.3, 0.4) is 0 Å². The molecule has 0 spiro atoms. The summed E-state index contributed by atoms with van der Waals surface area (Å²) in [4.78, 5) is 32.9.